The van der Waals surface area contributed by atoms with Crippen LogP contribution in [0.1, 0.15) is 36.7 Å². The lowest BCUT2D eigenvalue weighted by molar-refractivity contribution is -0.133. The van der Waals surface area contributed by atoms with Crippen molar-refractivity contribution in [1.29, 1.82) is 0 Å². The quantitative estimate of drug-likeness (QED) is 0.812. The van der Waals surface area contributed by atoms with Crippen LogP contribution in [0, 0.1) is 13.8 Å². The Morgan fingerprint density at radius 2 is 2.09 bits per heavy atom. The molecule has 2 fully saturated rings. The number of likely N-dealkylation sites (tertiary alicyclic amines) is 1. The molecule has 23 heavy (non-hydrogen) atoms. The zero-order valence-electron chi connectivity index (χ0n) is 13.7. The molecule has 1 amide bonds. The number of sulfonamides is 1. The molecule has 0 saturated carbocycles. The van der Waals surface area contributed by atoms with E-state index in [0.717, 1.165) is 24.2 Å². The fraction of sp³-hybridized carbons (Fsp3) is 0.733. The zero-order valence-corrected chi connectivity index (χ0v) is 14.5. The number of aromatic nitrogens is 2. The van der Waals surface area contributed by atoms with E-state index in [4.69, 9.17) is 0 Å². The first-order valence-corrected chi connectivity index (χ1v) is 9.76. The first-order valence-electron chi connectivity index (χ1n) is 8.15. The Hall–Kier alpha value is -1.41. The number of hydrogen-bond acceptors (Lipinski definition) is 4. The van der Waals surface area contributed by atoms with Crippen molar-refractivity contribution in [2.45, 2.75) is 39.2 Å². The Morgan fingerprint density at radius 1 is 1.30 bits per heavy atom. The summed E-state index contributed by atoms with van der Waals surface area (Å²) in [5.74, 6) is 0.0657. The van der Waals surface area contributed by atoms with E-state index in [2.05, 4.69) is 5.10 Å². The summed E-state index contributed by atoms with van der Waals surface area (Å²) >= 11 is 0. The van der Waals surface area contributed by atoms with Crippen molar-refractivity contribution in [3.05, 3.63) is 17.5 Å². The number of carbonyl (C=O) groups excluding carboxylic acids is 1. The molecule has 2 aliphatic heterocycles. The fourth-order valence-corrected chi connectivity index (χ4v) is 4.98. The van der Waals surface area contributed by atoms with Crippen LogP contribution in [0.4, 0.5) is 0 Å². The summed E-state index contributed by atoms with van der Waals surface area (Å²) in [4.78, 5) is 14.3. The number of aryl methyl sites for hydroxylation is 2. The van der Waals surface area contributed by atoms with E-state index in [-0.39, 0.29) is 24.2 Å². The van der Waals surface area contributed by atoms with Gasteiger partial charge in [0.1, 0.15) is 0 Å². The highest BCUT2D eigenvalue weighted by Gasteiger charge is 2.33. The third-order valence-electron chi connectivity index (χ3n) is 4.65. The average Bonchev–Trinajstić information content (AvgIpc) is 3.01. The molecule has 1 aromatic heterocycles. The van der Waals surface area contributed by atoms with Crippen molar-refractivity contribution >= 4 is 15.9 Å². The van der Waals surface area contributed by atoms with Crippen molar-refractivity contribution in [3.63, 3.8) is 0 Å². The molecule has 3 rings (SSSR count). The number of amides is 1. The van der Waals surface area contributed by atoms with E-state index < -0.39 is 10.0 Å². The van der Waals surface area contributed by atoms with Gasteiger partial charge in [0.2, 0.25) is 15.9 Å². The Morgan fingerprint density at radius 3 is 2.70 bits per heavy atom. The average molecular weight is 340 g/mol. The van der Waals surface area contributed by atoms with Crippen molar-refractivity contribution in [1.82, 2.24) is 19.0 Å². The minimum atomic E-state index is -3.22. The number of piperidine rings is 1. The molecule has 0 bridgehead atoms. The van der Waals surface area contributed by atoms with Crippen LogP contribution in [0.3, 0.4) is 0 Å². The predicted octanol–water partition coefficient (Wildman–Crippen LogP) is 0.699. The second-order valence-electron chi connectivity index (χ2n) is 6.51. The molecule has 0 radical (unpaired) electrons. The predicted molar refractivity (Wildman–Crippen MR) is 86.5 cm³/mol. The van der Waals surface area contributed by atoms with Crippen LogP contribution in [0.25, 0.3) is 0 Å². The molecule has 7 nitrogen and oxygen atoms in total. The Bertz CT molecular complexity index is 698. The van der Waals surface area contributed by atoms with Gasteiger partial charge in [-0.1, -0.05) is 0 Å². The molecule has 1 atom stereocenters. The molecule has 0 aliphatic carbocycles. The minimum absolute atomic E-state index is 0.0217. The summed E-state index contributed by atoms with van der Waals surface area (Å²) in [7, 11) is -3.22. The van der Waals surface area contributed by atoms with E-state index >= 15 is 0 Å². The molecule has 1 unspecified atom stereocenters. The summed E-state index contributed by atoms with van der Waals surface area (Å²) in [5.41, 5.74) is 2.08. The van der Waals surface area contributed by atoms with Crippen molar-refractivity contribution in [3.8, 4) is 0 Å². The maximum atomic E-state index is 12.5. The molecule has 2 saturated heterocycles. The van der Waals surface area contributed by atoms with Gasteiger partial charge in [-0.2, -0.15) is 9.40 Å². The topological polar surface area (TPSA) is 75.5 Å². The fourth-order valence-electron chi connectivity index (χ4n) is 3.52. The van der Waals surface area contributed by atoms with Gasteiger partial charge >= 0.3 is 0 Å². The van der Waals surface area contributed by atoms with Gasteiger partial charge in [-0.25, -0.2) is 8.42 Å². The molecule has 2 aliphatic rings. The van der Waals surface area contributed by atoms with Crippen molar-refractivity contribution < 1.29 is 13.2 Å². The van der Waals surface area contributed by atoms with Crippen LogP contribution in [-0.2, 0) is 14.8 Å². The maximum Gasteiger partial charge on any atom is 0.237 e. The molecule has 0 aromatic carbocycles. The van der Waals surface area contributed by atoms with Crippen LogP contribution in [0.5, 0.6) is 0 Å². The Kier molecular flexibility index (Phi) is 4.46. The van der Waals surface area contributed by atoms with Gasteiger partial charge in [-0.15, -0.1) is 0 Å². The Labute approximate surface area is 137 Å². The second-order valence-corrected chi connectivity index (χ2v) is 8.60. The first-order chi connectivity index (χ1) is 10.9. The van der Waals surface area contributed by atoms with Crippen molar-refractivity contribution in [2.75, 3.05) is 31.9 Å². The van der Waals surface area contributed by atoms with E-state index in [1.54, 1.807) is 4.90 Å². The third kappa shape index (κ3) is 3.42. The van der Waals surface area contributed by atoms with Crippen LogP contribution < -0.4 is 0 Å². The standard InChI is InChI=1S/C15H24N4O3S/c1-12-9-13(2)19(16-12)14-5-3-6-17(10-14)15(20)11-18-7-4-8-23(18,21)22/h9,14H,3-8,10-11H2,1-2H3. The van der Waals surface area contributed by atoms with Gasteiger partial charge in [0.25, 0.3) is 0 Å². The highest BCUT2D eigenvalue weighted by atomic mass is 32.2. The van der Waals surface area contributed by atoms with Gasteiger partial charge in [0.05, 0.1) is 24.0 Å². The number of nitrogens with zero attached hydrogens (tertiary/aromatic N) is 4. The highest BCUT2D eigenvalue weighted by molar-refractivity contribution is 7.89. The molecular formula is C15H24N4O3S. The zero-order chi connectivity index (χ0) is 16.6. The van der Waals surface area contributed by atoms with Crippen LogP contribution in [-0.4, -0.2) is 65.2 Å². The monoisotopic (exact) mass is 340 g/mol. The lowest BCUT2D eigenvalue weighted by atomic mass is 10.1. The van der Waals surface area contributed by atoms with Gasteiger partial charge in [0, 0.05) is 25.3 Å². The van der Waals surface area contributed by atoms with Crippen LogP contribution in [0.15, 0.2) is 6.07 Å². The normalized spacial score (nSPS) is 25.0. The van der Waals surface area contributed by atoms with Gasteiger partial charge in [-0.3, -0.25) is 9.48 Å². The molecule has 8 heteroatoms. The van der Waals surface area contributed by atoms with E-state index in [1.807, 2.05) is 24.6 Å². The summed E-state index contributed by atoms with van der Waals surface area (Å²) in [6.45, 7) is 5.73. The smallest absolute Gasteiger partial charge is 0.237 e. The third-order valence-corrected chi connectivity index (χ3v) is 6.56. The number of rotatable bonds is 3. The van der Waals surface area contributed by atoms with Crippen LogP contribution in [0.2, 0.25) is 0 Å². The van der Waals surface area contributed by atoms with Gasteiger partial charge in [0.15, 0.2) is 0 Å². The Balaban J connectivity index is 1.66. The first kappa shape index (κ1) is 16.4. The summed E-state index contributed by atoms with van der Waals surface area (Å²) < 4.78 is 27.0. The van der Waals surface area contributed by atoms with Crippen LogP contribution >= 0.6 is 0 Å². The summed E-state index contributed by atoms with van der Waals surface area (Å²) in [5, 5.41) is 4.53. The number of hydrogen-bond donors (Lipinski definition) is 0. The molecule has 128 valence electrons. The molecule has 0 N–H and O–H groups in total. The van der Waals surface area contributed by atoms with Gasteiger partial charge < -0.3 is 4.90 Å². The largest absolute Gasteiger partial charge is 0.339 e. The molecule has 0 spiro atoms. The SMILES string of the molecule is Cc1cc(C)n(C2CCCN(C(=O)CN3CCCS3(=O)=O)C2)n1. The lowest BCUT2D eigenvalue weighted by Gasteiger charge is -2.34. The lowest BCUT2D eigenvalue weighted by Crippen LogP contribution is -2.46. The summed E-state index contributed by atoms with van der Waals surface area (Å²) in [6.07, 6.45) is 2.53. The molecular weight excluding hydrogens is 316 g/mol. The highest BCUT2D eigenvalue weighted by Crippen LogP contribution is 2.23. The van der Waals surface area contributed by atoms with E-state index in [1.165, 1.54) is 4.31 Å². The molecule has 3 heterocycles. The molecule has 1 aromatic rings. The van der Waals surface area contributed by atoms with Gasteiger partial charge in [-0.05, 0) is 39.2 Å². The maximum absolute atomic E-state index is 12.5. The second kappa shape index (κ2) is 6.24. The number of carbonyl (C=O) groups is 1. The van der Waals surface area contributed by atoms with E-state index in [9.17, 15) is 13.2 Å². The van der Waals surface area contributed by atoms with Crippen molar-refractivity contribution in [2.24, 2.45) is 0 Å². The minimum Gasteiger partial charge on any atom is -0.339 e. The summed E-state index contributed by atoms with van der Waals surface area (Å²) in [6, 6.07) is 2.22. The van der Waals surface area contributed by atoms with E-state index in [0.29, 0.717) is 26.1 Å².